The molecule has 0 bridgehead atoms. The highest BCUT2D eigenvalue weighted by molar-refractivity contribution is 5.07. The minimum Gasteiger partial charge on any atom is -0.355 e. The molecule has 3 rings (SSSR count). The van der Waals surface area contributed by atoms with Gasteiger partial charge in [-0.3, -0.25) is 0 Å². The third kappa shape index (κ3) is 1.23. The Kier molecular flexibility index (Phi) is 1.58. The van der Waals surface area contributed by atoms with E-state index in [4.69, 9.17) is 9.47 Å². The zero-order chi connectivity index (χ0) is 8.94. The topological polar surface area (TPSA) is 18.5 Å². The van der Waals surface area contributed by atoms with E-state index in [9.17, 15) is 0 Å². The molecule has 3 fully saturated rings. The molecule has 13 heavy (non-hydrogen) atoms. The molecule has 74 valence electrons. The molecule has 2 heteroatoms. The SMILES string of the molecule is CC12CCC3(COCOC3)CC1C2. The Morgan fingerprint density at radius 3 is 2.54 bits per heavy atom. The standard InChI is InChI=1S/C11H18O2/c1-10-2-3-11(5-9(10)4-10)6-12-8-13-7-11/h9H,2-8H2,1H3. The number of fused-ring (bicyclic) bond motifs is 1. The lowest BCUT2D eigenvalue weighted by Crippen LogP contribution is -2.40. The van der Waals surface area contributed by atoms with Crippen LogP contribution in [0.4, 0.5) is 0 Å². The van der Waals surface area contributed by atoms with Gasteiger partial charge in [0.05, 0.1) is 13.2 Å². The highest BCUT2D eigenvalue weighted by Crippen LogP contribution is 2.65. The van der Waals surface area contributed by atoms with E-state index in [0.717, 1.165) is 19.1 Å². The zero-order valence-corrected chi connectivity index (χ0v) is 8.34. The van der Waals surface area contributed by atoms with Gasteiger partial charge in [0.2, 0.25) is 0 Å². The Hall–Kier alpha value is -0.0800. The molecule has 0 aromatic heterocycles. The summed E-state index contributed by atoms with van der Waals surface area (Å²) in [6.45, 7) is 4.85. The van der Waals surface area contributed by atoms with E-state index in [-0.39, 0.29) is 0 Å². The van der Waals surface area contributed by atoms with Crippen LogP contribution >= 0.6 is 0 Å². The van der Waals surface area contributed by atoms with Crippen LogP contribution in [0.5, 0.6) is 0 Å². The van der Waals surface area contributed by atoms with Gasteiger partial charge in [-0.15, -0.1) is 0 Å². The van der Waals surface area contributed by atoms with Crippen LogP contribution in [0.2, 0.25) is 0 Å². The number of ether oxygens (including phenoxy) is 2. The highest BCUT2D eigenvalue weighted by atomic mass is 16.7. The maximum atomic E-state index is 5.44. The average molecular weight is 182 g/mol. The second-order valence-corrected chi connectivity index (χ2v) is 5.57. The predicted molar refractivity (Wildman–Crippen MR) is 49.3 cm³/mol. The Labute approximate surface area is 79.6 Å². The van der Waals surface area contributed by atoms with E-state index < -0.39 is 0 Å². The number of hydrogen-bond acceptors (Lipinski definition) is 2. The Morgan fingerprint density at radius 1 is 1.08 bits per heavy atom. The molecule has 2 aliphatic carbocycles. The Morgan fingerprint density at radius 2 is 1.85 bits per heavy atom. The first-order valence-corrected chi connectivity index (χ1v) is 5.38. The van der Waals surface area contributed by atoms with E-state index >= 15 is 0 Å². The Balaban J connectivity index is 1.72. The molecule has 0 amide bonds. The van der Waals surface area contributed by atoms with Crippen molar-refractivity contribution in [3.63, 3.8) is 0 Å². The lowest BCUT2D eigenvalue weighted by Gasteiger charge is -2.41. The maximum absolute atomic E-state index is 5.44. The lowest BCUT2D eigenvalue weighted by molar-refractivity contribution is -0.176. The average Bonchev–Trinajstić information content (AvgIpc) is 2.78. The van der Waals surface area contributed by atoms with Crippen LogP contribution in [0, 0.1) is 16.7 Å². The van der Waals surface area contributed by atoms with Crippen LogP contribution in [-0.2, 0) is 9.47 Å². The van der Waals surface area contributed by atoms with Crippen LogP contribution < -0.4 is 0 Å². The summed E-state index contributed by atoms with van der Waals surface area (Å²) in [4.78, 5) is 0. The molecule has 1 spiro atoms. The zero-order valence-electron chi connectivity index (χ0n) is 8.34. The molecule has 1 aliphatic heterocycles. The highest BCUT2D eigenvalue weighted by Gasteiger charge is 2.57. The maximum Gasteiger partial charge on any atom is 0.146 e. The van der Waals surface area contributed by atoms with Crippen molar-refractivity contribution in [2.24, 2.45) is 16.7 Å². The van der Waals surface area contributed by atoms with Gasteiger partial charge in [-0.25, -0.2) is 0 Å². The molecule has 0 radical (unpaired) electrons. The molecule has 0 aromatic carbocycles. The fourth-order valence-corrected chi connectivity index (χ4v) is 3.18. The van der Waals surface area contributed by atoms with Gasteiger partial charge in [0.25, 0.3) is 0 Å². The van der Waals surface area contributed by atoms with Gasteiger partial charge in [0, 0.05) is 5.41 Å². The monoisotopic (exact) mass is 182 g/mol. The largest absolute Gasteiger partial charge is 0.355 e. The number of hydrogen-bond donors (Lipinski definition) is 0. The summed E-state index contributed by atoms with van der Waals surface area (Å²) >= 11 is 0. The van der Waals surface area contributed by atoms with E-state index in [0.29, 0.717) is 17.6 Å². The van der Waals surface area contributed by atoms with Crippen LogP contribution in [-0.4, -0.2) is 20.0 Å². The Bertz CT molecular complexity index is 220. The van der Waals surface area contributed by atoms with Crippen molar-refractivity contribution < 1.29 is 9.47 Å². The summed E-state index contributed by atoms with van der Waals surface area (Å²) in [5.41, 5.74) is 1.11. The fourth-order valence-electron chi connectivity index (χ4n) is 3.18. The van der Waals surface area contributed by atoms with Gasteiger partial charge >= 0.3 is 0 Å². The van der Waals surface area contributed by atoms with Gasteiger partial charge in [-0.05, 0) is 37.0 Å². The van der Waals surface area contributed by atoms with Crippen molar-refractivity contribution in [1.29, 1.82) is 0 Å². The van der Waals surface area contributed by atoms with Gasteiger partial charge in [-0.1, -0.05) is 6.92 Å². The first-order chi connectivity index (χ1) is 6.23. The second-order valence-electron chi connectivity index (χ2n) is 5.57. The van der Waals surface area contributed by atoms with Gasteiger partial charge in [-0.2, -0.15) is 0 Å². The normalized spacial score (nSPS) is 47.3. The summed E-state index contributed by atoms with van der Waals surface area (Å²) in [6, 6.07) is 0. The van der Waals surface area contributed by atoms with E-state index in [1.54, 1.807) is 0 Å². The van der Waals surface area contributed by atoms with Crippen molar-refractivity contribution in [2.45, 2.75) is 32.6 Å². The summed E-state index contributed by atoms with van der Waals surface area (Å²) in [5.74, 6) is 0.978. The third-order valence-corrected chi connectivity index (χ3v) is 4.43. The summed E-state index contributed by atoms with van der Waals surface area (Å²) in [6.07, 6.45) is 5.52. The predicted octanol–water partition coefficient (Wildman–Crippen LogP) is 2.19. The molecule has 0 N–H and O–H groups in total. The molecular weight excluding hydrogens is 164 g/mol. The molecular formula is C11H18O2. The van der Waals surface area contributed by atoms with Crippen LogP contribution in [0.1, 0.15) is 32.6 Å². The molecule has 0 aromatic rings. The van der Waals surface area contributed by atoms with Gasteiger partial charge < -0.3 is 9.47 Å². The van der Waals surface area contributed by atoms with Crippen LogP contribution in [0.25, 0.3) is 0 Å². The first-order valence-electron chi connectivity index (χ1n) is 5.38. The molecule has 2 nitrogen and oxygen atoms in total. The van der Waals surface area contributed by atoms with Crippen LogP contribution in [0.15, 0.2) is 0 Å². The van der Waals surface area contributed by atoms with Crippen molar-refractivity contribution in [3.05, 3.63) is 0 Å². The molecule has 2 atom stereocenters. The van der Waals surface area contributed by atoms with Gasteiger partial charge in [0.1, 0.15) is 6.79 Å². The van der Waals surface area contributed by atoms with Crippen molar-refractivity contribution in [3.8, 4) is 0 Å². The summed E-state index contributed by atoms with van der Waals surface area (Å²) in [7, 11) is 0. The van der Waals surface area contributed by atoms with Crippen molar-refractivity contribution in [1.82, 2.24) is 0 Å². The quantitative estimate of drug-likeness (QED) is 0.571. The minimum absolute atomic E-state index is 0.402. The van der Waals surface area contributed by atoms with Crippen molar-refractivity contribution in [2.75, 3.05) is 20.0 Å². The minimum atomic E-state index is 0.402. The molecule has 1 heterocycles. The van der Waals surface area contributed by atoms with E-state index in [1.165, 1.54) is 25.7 Å². The lowest BCUT2D eigenvalue weighted by atomic mass is 9.71. The van der Waals surface area contributed by atoms with Gasteiger partial charge in [0.15, 0.2) is 0 Å². The van der Waals surface area contributed by atoms with E-state index in [2.05, 4.69) is 6.92 Å². The first kappa shape index (κ1) is 8.25. The molecule has 3 aliphatic rings. The summed E-state index contributed by atoms with van der Waals surface area (Å²) < 4.78 is 10.9. The molecule has 2 saturated carbocycles. The molecule has 2 unspecified atom stereocenters. The van der Waals surface area contributed by atoms with Crippen LogP contribution in [0.3, 0.4) is 0 Å². The third-order valence-electron chi connectivity index (χ3n) is 4.43. The smallest absolute Gasteiger partial charge is 0.146 e. The molecule has 1 saturated heterocycles. The fraction of sp³-hybridized carbons (Fsp3) is 1.00. The summed E-state index contributed by atoms with van der Waals surface area (Å²) in [5, 5.41) is 0. The second kappa shape index (κ2) is 2.48. The van der Waals surface area contributed by atoms with Crippen molar-refractivity contribution >= 4 is 0 Å². The number of rotatable bonds is 0. The van der Waals surface area contributed by atoms with E-state index in [1.807, 2.05) is 0 Å².